The molecule has 14 heavy (non-hydrogen) atoms. The molecule has 0 aliphatic heterocycles. The van der Waals surface area contributed by atoms with E-state index in [1.54, 1.807) is 0 Å². The van der Waals surface area contributed by atoms with Crippen LogP contribution in [0.5, 0.6) is 0 Å². The summed E-state index contributed by atoms with van der Waals surface area (Å²) in [6, 6.07) is 1.92. The van der Waals surface area contributed by atoms with Gasteiger partial charge in [0.25, 0.3) is 0 Å². The molecule has 1 aromatic rings. The normalized spacial score (nSPS) is 12.9. The van der Waals surface area contributed by atoms with Crippen molar-refractivity contribution in [1.29, 1.82) is 0 Å². The summed E-state index contributed by atoms with van der Waals surface area (Å²) in [6.07, 6.45) is -1.12. The van der Waals surface area contributed by atoms with Crippen LogP contribution in [-0.4, -0.2) is 11.7 Å². The number of hydrogen-bond acceptors (Lipinski definition) is 2. The van der Waals surface area contributed by atoms with Gasteiger partial charge in [0.2, 0.25) is 0 Å². The molecule has 1 unspecified atom stereocenters. The fraction of sp³-hybridized carbons (Fsp3) is 0.333. The largest absolute Gasteiger partial charge is 0.388 e. The first-order valence-corrected chi connectivity index (χ1v) is 4.46. The zero-order valence-corrected chi connectivity index (χ0v) is 8.06. The van der Waals surface area contributed by atoms with E-state index in [9.17, 15) is 13.9 Å². The van der Waals surface area contributed by atoms with Gasteiger partial charge in [-0.2, -0.15) is 0 Å². The molecule has 0 fully saturated rings. The van der Waals surface area contributed by atoms with Crippen LogP contribution in [0.2, 0.25) is 5.02 Å². The second-order valence-electron chi connectivity index (χ2n) is 2.88. The van der Waals surface area contributed by atoms with E-state index < -0.39 is 17.7 Å². The Kier molecular flexibility index (Phi) is 3.80. The van der Waals surface area contributed by atoms with Gasteiger partial charge in [0, 0.05) is 5.02 Å². The first kappa shape index (κ1) is 11.4. The van der Waals surface area contributed by atoms with Crippen molar-refractivity contribution < 1.29 is 13.9 Å². The van der Waals surface area contributed by atoms with E-state index in [2.05, 4.69) is 0 Å². The molecule has 0 aliphatic carbocycles. The molecule has 0 aromatic heterocycles. The first-order valence-electron chi connectivity index (χ1n) is 4.09. The Morgan fingerprint density at radius 2 is 1.86 bits per heavy atom. The molecule has 0 radical (unpaired) electrons. The summed E-state index contributed by atoms with van der Waals surface area (Å²) < 4.78 is 26.3. The van der Waals surface area contributed by atoms with Crippen LogP contribution in [-0.2, 0) is 0 Å². The molecule has 5 heteroatoms. The number of halogens is 3. The molecule has 0 aliphatic rings. The highest BCUT2D eigenvalue weighted by Gasteiger charge is 2.17. The van der Waals surface area contributed by atoms with Gasteiger partial charge in [0.15, 0.2) is 0 Å². The SMILES string of the molecule is NCCC(O)c1c(F)cc(Cl)cc1F. The van der Waals surface area contributed by atoms with Crippen molar-refractivity contribution in [2.75, 3.05) is 6.54 Å². The second-order valence-corrected chi connectivity index (χ2v) is 3.31. The Hall–Kier alpha value is -0.710. The molecule has 1 aromatic carbocycles. The third-order valence-electron chi connectivity index (χ3n) is 1.82. The van der Waals surface area contributed by atoms with E-state index in [0.29, 0.717) is 0 Å². The highest BCUT2D eigenvalue weighted by molar-refractivity contribution is 6.30. The van der Waals surface area contributed by atoms with Crippen molar-refractivity contribution in [3.63, 3.8) is 0 Å². The number of hydrogen-bond donors (Lipinski definition) is 2. The van der Waals surface area contributed by atoms with Gasteiger partial charge < -0.3 is 10.8 Å². The van der Waals surface area contributed by atoms with E-state index in [-0.39, 0.29) is 23.6 Å². The van der Waals surface area contributed by atoms with Crippen molar-refractivity contribution in [1.82, 2.24) is 0 Å². The maximum absolute atomic E-state index is 13.2. The van der Waals surface area contributed by atoms with Crippen molar-refractivity contribution in [3.8, 4) is 0 Å². The Balaban J connectivity index is 3.07. The Bertz CT molecular complexity index is 310. The molecule has 0 heterocycles. The lowest BCUT2D eigenvalue weighted by atomic mass is 10.1. The topological polar surface area (TPSA) is 46.2 Å². The molecule has 3 N–H and O–H groups in total. The predicted molar refractivity (Wildman–Crippen MR) is 50.0 cm³/mol. The van der Waals surface area contributed by atoms with E-state index >= 15 is 0 Å². The highest BCUT2D eigenvalue weighted by Crippen LogP contribution is 2.25. The molecule has 0 bridgehead atoms. The van der Waals surface area contributed by atoms with Crippen LogP contribution >= 0.6 is 11.6 Å². The Morgan fingerprint density at radius 3 is 2.29 bits per heavy atom. The number of rotatable bonds is 3. The number of benzene rings is 1. The summed E-state index contributed by atoms with van der Waals surface area (Å²) in [5.41, 5.74) is 4.79. The molecule has 2 nitrogen and oxygen atoms in total. The lowest BCUT2D eigenvalue weighted by molar-refractivity contribution is 0.160. The molecular weight excluding hydrogens is 212 g/mol. The summed E-state index contributed by atoms with van der Waals surface area (Å²) in [7, 11) is 0. The van der Waals surface area contributed by atoms with Gasteiger partial charge >= 0.3 is 0 Å². The summed E-state index contributed by atoms with van der Waals surface area (Å²) in [4.78, 5) is 0. The third kappa shape index (κ3) is 2.41. The summed E-state index contributed by atoms with van der Waals surface area (Å²) in [5, 5.41) is 9.33. The highest BCUT2D eigenvalue weighted by atomic mass is 35.5. The number of aliphatic hydroxyl groups is 1. The molecule has 0 saturated carbocycles. The van der Waals surface area contributed by atoms with E-state index in [0.717, 1.165) is 12.1 Å². The smallest absolute Gasteiger partial charge is 0.133 e. The monoisotopic (exact) mass is 221 g/mol. The fourth-order valence-electron chi connectivity index (χ4n) is 1.17. The minimum Gasteiger partial charge on any atom is -0.388 e. The van der Waals surface area contributed by atoms with E-state index in [1.807, 2.05) is 0 Å². The summed E-state index contributed by atoms with van der Waals surface area (Å²) in [5.74, 6) is -1.70. The van der Waals surface area contributed by atoms with Crippen molar-refractivity contribution in [3.05, 3.63) is 34.4 Å². The van der Waals surface area contributed by atoms with Gasteiger partial charge in [0.05, 0.1) is 11.7 Å². The van der Waals surface area contributed by atoms with Crippen molar-refractivity contribution >= 4 is 11.6 Å². The molecule has 0 spiro atoms. The zero-order valence-electron chi connectivity index (χ0n) is 7.30. The molecule has 0 saturated heterocycles. The van der Waals surface area contributed by atoms with Crippen LogP contribution < -0.4 is 5.73 Å². The molecule has 0 amide bonds. The molecule has 1 atom stereocenters. The average Bonchev–Trinajstić information content (AvgIpc) is 2.01. The van der Waals surface area contributed by atoms with Crippen LogP contribution in [0.4, 0.5) is 8.78 Å². The quantitative estimate of drug-likeness (QED) is 0.820. The molecule has 78 valence electrons. The lowest BCUT2D eigenvalue weighted by Crippen LogP contribution is -2.10. The lowest BCUT2D eigenvalue weighted by Gasteiger charge is -2.11. The van der Waals surface area contributed by atoms with Crippen LogP contribution in [0.15, 0.2) is 12.1 Å². The van der Waals surface area contributed by atoms with Gasteiger partial charge in [-0.3, -0.25) is 0 Å². The van der Waals surface area contributed by atoms with Crippen LogP contribution in [0.1, 0.15) is 18.1 Å². The van der Waals surface area contributed by atoms with E-state index in [4.69, 9.17) is 17.3 Å². The average molecular weight is 222 g/mol. The summed E-state index contributed by atoms with van der Waals surface area (Å²) >= 11 is 5.42. The zero-order chi connectivity index (χ0) is 10.7. The van der Waals surface area contributed by atoms with Crippen LogP contribution in [0, 0.1) is 11.6 Å². The first-order chi connectivity index (χ1) is 6.56. The predicted octanol–water partition coefficient (Wildman–Crippen LogP) is 2.00. The summed E-state index contributed by atoms with van der Waals surface area (Å²) in [6.45, 7) is 0.155. The van der Waals surface area contributed by atoms with Crippen LogP contribution in [0.3, 0.4) is 0 Å². The number of nitrogens with two attached hydrogens (primary N) is 1. The van der Waals surface area contributed by atoms with Crippen molar-refractivity contribution in [2.45, 2.75) is 12.5 Å². The fourth-order valence-corrected chi connectivity index (χ4v) is 1.37. The minimum atomic E-state index is -1.22. The van der Waals surface area contributed by atoms with Gasteiger partial charge in [-0.05, 0) is 25.1 Å². The van der Waals surface area contributed by atoms with Crippen molar-refractivity contribution in [2.24, 2.45) is 5.73 Å². The van der Waals surface area contributed by atoms with Gasteiger partial charge in [-0.15, -0.1) is 0 Å². The van der Waals surface area contributed by atoms with Gasteiger partial charge in [-0.1, -0.05) is 11.6 Å². The molecular formula is C9H10ClF2NO. The molecule has 1 rings (SSSR count). The van der Waals surface area contributed by atoms with E-state index in [1.165, 1.54) is 0 Å². The Labute approximate surface area is 85.3 Å². The maximum Gasteiger partial charge on any atom is 0.133 e. The van der Waals surface area contributed by atoms with Crippen LogP contribution in [0.25, 0.3) is 0 Å². The second kappa shape index (κ2) is 4.68. The number of aliphatic hydroxyl groups excluding tert-OH is 1. The maximum atomic E-state index is 13.2. The third-order valence-corrected chi connectivity index (χ3v) is 2.04. The van der Waals surface area contributed by atoms with Gasteiger partial charge in [0.1, 0.15) is 11.6 Å². The standard InChI is InChI=1S/C9H10ClF2NO/c10-5-3-6(11)9(7(12)4-5)8(14)1-2-13/h3-4,8,14H,1-2,13H2. The minimum absolute atomic E-state index is 0.0382. The van der Waals surface area contributed by atoms with Gasteiger partial charge in [-0.25, -0.2) is 8.78 Å². The Morgan fingerprint density at radius 1 is 1.36 bits per heavy atom.